The molecule has 204 valence electrons. The van der Waals surface area contributed by atoms with Crippen molar-refractivity contribution < 1.29 is 33.3 Å². The number of benzene rings is 2. The average molecular weight is 525 g/mol. The Kier molecular flexibility index (Phi) is 8.89. The van der Waals surface area contributed by atoms with Crippen LogP contribution in [0.2, 0.25) is 0 Å². The fourth-order valence-electron chi connectivity index (χ4n) is 5.10. The maximum Gasteiger partial charge on any atom is 0.332 e. The molecule has 1 fully saturated rings. The van der Waals surface area contributed by atoms with Crippen LogP contribution in [0.5, 0.6) is 11.5 Å². The highest BCUT2D eigenvalue weighted by atomic mass is 16.7. The third-order valence-corrected chi connectivity index (χ3v) is 7.33. The summed E-state index contributed by atoms with van der Waals surface area (Å²) in [5.74, 6) is 0.369. The predicted octanol–water partition coefficient (Wildman–Crippen LogP) is 4.11. The van der Waals surface area contributed by atoms with E-state index >= 15 is 0 Å². The summed E-state index contributed by atoms with van der Waals surface area (Å²) in [5.41, 5.74) is 1.02. The van der Waals surface area contributed by atoms with Crippen molar-refractivity contribution in [2.75, 3.05) is 19.9 Å². The first-order valence-corrected chi connectivity index (χ1v) is 13.2. The Labute approximate surface area is 223 Å². The van der Waals surface area contributed by atoms with E-state index in [1.807, 2.05) is 69.3 Å². The molecular formula is C29H36N2O7. The molecule has 0 unspecified atom stereocenters. The lowest BCUT2D eigenvalue weighted by atomic mass is 9.71. The summed E-state index contributed by atoms with van der Waals surface area (Å²) in [6.07, 6.45) is 1.98. The van der Waals surface area contributed by atoms with Gasteiger partial charge in [-0.05, 0) is 42.5 Å². The van der Waals surface area contributed by atoms with Crippen LogP contribution in [0.15, 0.2) is 48.5 Å². The summed E-state index contributed by atoms with van der Waals surface area (Å²) in [6.45, 7) is 5.74. The molecule has 0 bridgehead atoms. The highest BCUT2D eigenvalue weighted by Crippen LogP contribution is 2.45. The number of fused-ring (bicyclic) bond motifs is 1. The highest BCUT2D eigenvalue weighted by molar-refractivity contribution is 5.93. The van der Waals surface area contributed by atoms with Crippen molar-refractivity contribution in [3.63, 3.8) is 0 Å². The molecule has 2 aromatic carbocycles. The third kappa shape index (κ3) is 5.78. The van der Waals surface area contributed by atoms with E-state index in [1.54, 1.807) is 0 Å². The first-order chi connectivity index (χ1) is 18.4. The zero-order valence-corrected chi connectivity index (χ0v) is 22.2. The van der Waals surface area contributed by atoms with Crippen LogP contribution in [0.1, 0.15) is 63.6 Å². The van der Waals surface area contributed by atoms with Crippen molar-refractivity contribution in [3.8, 4) is 11.5 Å². The van der Waals surface area contributed by atoms with Gasteiger partial charge in [0, 0.05) is 0 Å². The van der Waals surface area contributed by atoms with Crippen molar-refractivity contribution in [2.24, 2.45) is 5.41 Å². The average Bonchev–Trinajstić information content (AvgIpc) is 3.41. The summed E-state index contributed by atoms with van der Waals surface area (Å²) in [4.78, 5) is 40.1. The topological polar surface area (TPSA) is 103 Å². The van der Waals surface area contributed by atoms with E-state index in [2.05, 4.69) is 5.32 Å². The smallest absolute Gasteiger partial charge is 0.332 e. The van der Waals surface area contributed by atoms with Gasteiger partial charge in [-0.2, -0.15) is 0 Å². The van der Waals surface area contributed by atoms with E-state index in [1.165, 1.54) is 4.90 Å². The summed E-state index contributed by atoms with van der Waals surface area (Å²) >= 11 is 0. The fourth-order valence-corrected chi connectivity index (χ4v) is 5.10. The Hall–Kier alpha value is -3.59. The number of hydrogen-bond acceptors (Lipinski definition) is 7. The van der Waals surface area contributed by atoms with E-state index in [4.69, 9.17) is 18.9 Å². The van der Waals surface area contributed by atoms with Gasteiger partial charge < -0.3 is 29.2 Å². The van der Waals surface area contributed by atoms with Gasteiger partial charge in [0.15, 0.2) is 11.5 Å². The monoisotopic (exact) mass is 524 g/mol. The number of β-lactam (4-membered cyclic amide) rings is 1. The quantitative estimate of drug-likeness (QED) is 0.311. The Balaban J connectivity index is 1.37. The van der Waals surface area contributed by atoms with E-state index in [0.717, 1.165) is 24.0 Å². The molecule has 2 heterocycles. The zero-order chi connectivity index (χ0) is 27.1. The molecule has 2 amide bonds. The molecule has 0 aliphatic carbocycles. The van der Waals surface area contributed by atoms with E-state index in [-0.39, 0.29) is 44.4 Å². The Morgan fingerprint density at radius 2 is 1.82 bits per heavy atom. The summed E-state index contributed by atoms with van der Waals surface area (Å²) in [6, 6.07) is 14.8. The zero-order valence-electron chi connectivity index (χ0n) is 22.2. The maximum atomic E-state index is 13.2. The second kappa shape index (κ2) is 12.3. The molecule has 2 aliphatic rings. The minimum atomic E-state index is -0.764. The van der Waals surface area contributed by atoms with Gasteiger partial charge in [-0.25, -0.2) is 4.79 Å². The second-order valence-corrected chi connectivity index (χ2v) is 9.63. The van der Waals surface area contributed by atoms with Gasteiger partial charge in [0.05, 0.1) is 11.5 Å². The van der Waals surface area contributed by atoms with Crippen LogP contribution in [0.25, 0.3) is 0 Å². The normalized spacial score (nSPS) is 18.0. The van der Waals surface area contributed by atoms with Crippen LogP contribution in [0.4, 0.5) is 0 Å². The first-order valence-electron chi connectivity index (χ1n) is 13.2. The minimum Gasteiger partial charge on any atom is -0.459 e. The lowest BCUT2D eigenvalue weighted by molar-refractivity contribution is -0.226. The molecule has 4 rings (SSSR count). The molecule has 1 N–H and O–H groups in total. The Morgan fingerprint density at radius 3 is 2.53 bits per heavy atom. The van der Waals surface area contributed by atoms with Crippen LogP contribution in [0.3, 0.4) is 0 Å². The second-order valence-electron chi connectivity index (χ2n) is 9.63. The predicted molar refractivity (Wildman–Crippen MR) is 139 cm³/mol. The number of hydrogen-bond donors (Lipinski definition) is 1. The Bertz CT molecular complexity index is 1130. The van der Waals surface area contributed by atoms with E-state index in [9.17, 15) is 14.4 Å². The summed E-state index contributed by atoms with van der Waals surface area (Å²) in [7, 11) is 0. The number of nitrogens with one attached hydrogen (secondary N) is 1. The van der Waals surface area contributed by atoms with Gasteiger partial charge >= 0.3 is 5.97 Å². The molecule has 0 aromatic heterocycles. The molecule has 0 spiro atoms. The molecule has 2 aliphatic heterocycles. The lowest BCUT2D eigenvalue weighted by Gasteiger charge is -2.54. The van der Waals surface area contributed by atoms with Crippen molar-refractivity contribution >= 4 is 17.8 Å². The van der Waals surface area contributed by atoms with Gasteiger partial charge in [-0.3, -0.25) is 9.59 Å². The van der Waals surface area contributed by atoms with Crippen LogP contribution in [-0.4, -0.2) is 48.9 Å². The van der Waals surface area contributed by atoms with Crippen LogP contribution in [-0.2, 0) is 30.5 Å². The lowest BCUT2D eigenvalue weighted by Crippen LogP contribution is -2.71. The fraction of sp³-hybridized carbons (Fsp3) is 0.483. The molecule has 0 saturated carbocycles. The summed E-state index contributed by atoms with van der Waals surface area (Å²) < 4.78 is 22.1. The first kappa shape index (κ1) is 27.4. The molecule has 9 heteroatoms. The van der Waals surface area contributed by atoms with Gasteiger partial charge in [-0.1, -0.05) is 63.6 Å². The number of rotatable bonds is 13. The maximum absolute atomic E-state index is 13.2. The molecule has 1 saturated heterocycles. The number of nitrogens with zero attached hydrogens (tertiary/aromatic N) is 1. The van der Waals surface area contributed by atoms with E-state index in [0.29, 0.717) is 24.3 Å². The number of esters is 1. The van der Waals surface area contributed by atoms with Gasteiger partial charge in [0.2, 0.25) is 18.6 Å². The molecule has 9 nitrogen and oxygen atoms in total. The molecule has 0 radical (unpaired) electrons. The number of carbonyl (C=O) groups excluding carboxylic acids is 3. The molecule has 2 aromatic rings. The van der Waals surface area contributed by atoms with Crippen LogP contribution < -0.4 is 14.8 Å². The largest absolute Gasteiger partial charge is 0.459 e. The third-order valence-electron chi connectivity index (χ3n) is 7.33. The number of ether oxygens (including phenoxy) is 4. The van der Waals surface area contributed by atoms with Crippen LogP contribution in [0, 0.1) is 5.41 Å². The number of likely N-dealkylation sites (tertiary alicyclic amines) is 1. The summed E-state index contributed by atoms with van der Waals surface area (Å²) in [5, 5.41) is 3.06. The van der Waals surface area contributed by atoms with Crippen molar-refractivity contribution in [3.05, 3.63) is 59.7 Å². The van der Waals surface area contributed by atoms with Crippen molar-refractivity contribution in [2.45, 2.75) is 65.3 Å². The molecule has 38 heavy (non-hydrogen) atoms. The van der Waals surface area contributed by atoms with Gasteiger partial charge in [0.1, 0.15) is 26.0 Å². The number of amides is 2. The highest BCUT2D eigenvalue weighted by Gasteiger charge is 2.59. The standard InChI is InChI=1S/C29H36N2O7/c1-4-10-22(21-13-14-23-24(15-21)38-19-37-23)30-25(32)16-31-27(34)29(5-2,6-3)28(31)36-18-26(33)35-17-20-11-8-7-9-12-20/h7-9,11-15,22,28H,4-6,10,16-19H2,1-3H3,(H,30,32)/t22-,28+/m1/s1. The van der Waals surface area contributed by atoms with Crippen molar-refractivity contribution in [1.29, 1.82) is 0 Å². The van der Waals surface area contributed by atoms with Crippen molar-refractivity contribution in [1.82, 2.24) is 10.2 Å². The molecule has 2 atom stereocenters. The van der Waals surface area contributed by atoms with Gasteiger partial charge in [0.25, 0.3) is 0 Å². The minimum absolute atomic E-state index is 0.143. The van der Waals surface area contributed by atoms with Gasteiger partial charge in [-0.15, -0.1) is 0 Å². The number of carbonyl (C=O) groups is 3. The van der Waals surface area contributed by atoms with Crippen LogP contribution >= 0.6 is 0 Å². The SMILES string of the molecule is CCC[C@@H](NC(=O)CN1C(=O)C(CC)(CC)[C@@H]1OCC(=O)OCc1ccccc1)c1ccc2c(c1)OCO2. The Morgan fingerprint density at radius 1 is 1.08 bits per heavy atom. The molecular weight excluding hydrogens is 488 g/mol. The van der Waals surface area contributed by atoms with E-state index < -0.39 is 17.6 Å².